The first-order valence-electron chi connectivity index (χ1n) is 10.3. The van der Waals surface area contributed by atoms with Gasteiger partial charge in [0.05, 0.1) is 11.1 Å². The number of hydrogen-bond donors (Lipinski definition) is 1. The van der Waals surface area contributed by atoms with Gasteiger partial charge < -0.3 is 5.02 Å². The third-order valence-electron chi connectivity index (χ3n) is 5.16. The van der Waals surface area contributed by atoms with E-state index in [-0.39, 0.29) is 12.1 Å². The second-order valence-corrected chi connectivity index (χ2v) is 7.59. The van der Waals surface area contributed by atoms with Crippen molar-refractivity contribution >= 4 is 8.05 Å². The quantitative estimate of drug-likeness (QED) is 0.0994. The van der Waals surface area contributed by atoms with Gasteiger partial charge in [0.25, 0.3) is 8.05 Å². The molecule has 0 unspecified atom stereocenters. The lowest BCUT2D eigenvalue weighted by atomic mass is 10.0. The highest BCUT2D eigenvalue weighted by Crippen LogP contribution is 2.36. The van der Waals surface area contributed by atoms with E-state index in [1.54, 1.807) is 0 Å². The third kappa shape index (κ3) is 6.02. The maximum absolute atomic E-state index is 13.4. The van der Waals surface area contributed by atoms with Crippen molar-refractivity contribution < 1.29 is 84.1 Å². The van der Waals surface area contributed by atoms with E-state index >= 15 is 0 Å². The van der Waals surface area contributed by atoms with Gasteiger partial charge in [0, 0.05) is 11.1 Å². The number of hydrogen-bond acceptors (Lipinski definition) is 1. The summed E-state index contributed by atoms with van der Waals surface area (Å²) in [6.45, 7) is 0. The van der Waals surface area contributed by atoms with E-state index in [0.29, 0.717) is 0 Å². The number of rotatable bonds is 2. The van der Waals surface area contributed by atoms with Gasteiger partial charge in [-0.15, -0.1) is 0 Å². The average molecular weight is 660 g/mol. The van der Waals surface area contributed by atoms with Gasteiger partial charge in [-0.1, -0.05) is 0 Å². The molecule has 0 aromatic heterocycles. The van der Waals surface area contributed by atoms with Gasteiger partial charge >= 0.3 is 0 Å². The zero-order valence-corrected chi connectivity index (χ0v) is 20.0. The van der Waals surface area contributed by atoms with Crippen molar-refractivity contribution in [3.05, 3.63) is 117 Å². The van der Waals surface area contributed by atoms with Crippen molar-refractivity contribution in [2.24, 2.45) is 0 Å². The summed E-state index contributed by atoms with van der Waals surface area (Å²) in [4.78, 5) is 0. The van der Waals surface area contributed by atoms with Gasteiger partial charge in [-0.2, -0.15) is 0 Å². The first kappa shape index (κ1) is 35.8. The van der Waals surface area contributed by atoms with E-state index < -0.39 is 127 Å². The van der Waals surface area contributed by atoms with Crippen molar-refractivity contribution in [1.29, 1.82) is 0 Å². The SMILES string of the molecule is Fc1cc(-c2c(F)c(F)c(F)c(F)c2F)c(F)c(F)c1F.Fc1cc(-c2c(F)c(F)c(F)c(F)c2F)c(F)c(F)c1F.[B]O. The van der Waals surface area contributed by atoms with Crippen molar-refractivity contribution in [2.75, 3.05) is 0 Å². The summed E-state index contributed by atoms with van der Waals surface area (Å²) >= 11 is 0. The summed E-state index contributed by atoms with van der Waals surface area (Å²) in [5.74, 6) is -43.0. The highest BCUT2D eigenvalue weighted by atomic mass is 19.2. The Hall–Kier alpha value is -4.36. The molecular weight excluding hydrogens is 657 g/mol. The molecule has 4 aromatic rings. The molecule has 0 aliphatic carbocycles. The lowest BCUT2D eigenvalue weighted by Crippen LogP contribution is -2.07. The van der Waals surface area contributed by atoms with Crippen LogP contribution in [-0.2, 0) is 0 Å². The van der Waals surface area contributed by atoms with E-state index in [9.17, 15) is 79.0 Å². The predicted octanol–water partition coefficient (Wildman–Crippen LogP) is 8.27. The van der Waals surface area contributed by atoms with Crippen LogP contribution in [0.5, 0.6) is 0 Å². The zero-order chi connectivity index (χ0) is 34.1. The molecule has 0 bridgehead atoms. The summed E-state index contributed by atoms with van der Waals surface area (Å²) in [5.41, 5.74) is -7.08. The molecule has 0 atom stereocenters. The smallest absolute Gasteiger partial charge is 0.277 e. The fourth-order valence-corrected chi connectivity index (χ4v) is 3.19. The zero-order valence-electron chi connectivity index (χ0n) is 20.0. The van der Waals surface area contributed by atoms with Crippen LogP contribution in [0.3, 0.4) is 0 Å². The van der Waals surface area contributed by atoms with Gasteiger partial charge in [-0.25, -0.2) is 79.0 Å². The average Bonchev–Trinajstić information content (AvgIpc) is 3.01. The Balaban J connectivity index is 0.000000291. The minimum Gasteiger partial charge on any atom is -0.461 e. The van der Waals surface area contributed by atoms with Crippen LogP contribution in [0.15, 0.2) is 12.1 Å². The van der Waals surface area contributed by atoms with Crippen LogP contribution in [0, 0.1) is 105 Å². The molecule has 44 heavy (non-hydrogen) atoms. The van der Waals surface area contributed by atoms with Gasteiger partial charge in [0.15, 0.2) is 93.1 Å². The van der Waals surface area contributed by atoms with Crippen LogP contribution < -0.4 is 0 Å². The summed E-state index contributed by atoms with van der Waals surface area (Å²) in [7, 11) is 3.50. The van der Waals surface area contributed by atoms with Crippen LogP contribution in [0.2, 0.25) is 0 Å². The second kappa shape index (κ2) is 13.5. The molecule has 0 aliphatic rings. The highest BCUT2D eigenvalue weighted by molar-refractivity contribution is 5.95. The topological polar surface area (TPSA) is 20.2 Å². The highest BCUT2D eigenvalue weighted by Gasteiger charge is 2.32. The van der Waals surface area contributed by atoms with Crippen LogP contribution in [-0.4, -0.2) is 13.1 Å². The Bertz CT molecular complexity index is 1590. The molecule has 0 amide bonds. The molecule has 20 heteroatoms. The molecule has 0 fully saturated rings. The van der Waals surface area contributed by atoms with E-state index in [4.69, 9.17) is 5.02 Å². The summed E-state index contributed by atoms with van der Waals surface area (Å²) in [6, 6.07) is -0.432. The Morgan fingerprint density at radius 2 is 0.455 bits per heavy atom. The molecule has 0 aliphatic heterocycles. The maximum Gasteiger partial charge on any atom is 0.277 e. The lowest BCUT2D eigenvalue weighted by molar-refractivity contribution is 0.379. The summed E-state index contributed by atoms with van der Waals surface area (Å²) < 4.78 is 235. The molecule has 4 aromatic carbocycles. The molecule has 2 radical (unpaired) electrons. The van der Waals surface area contributed by atoms with E-state index in [1.165, 1.54) is 0 Å². The minimum atomic E-state index is -2.53. The van der Waals surface area contributed by atoms with Crippen LogP contribution in [0.4, 0.5) is 79.0 Å². The first-order valence-corrected chi connectivity index (χ1v) is 10.3. The largest absolute Gasteiger partial charge is 0.461 e. The molecular formula is C24H3BF18O. The van der Waals surface area contributed by atoms with Gasteiger partial charge in [-0.05, 0) is 12.1 Å². The molecule has 4 rings (SSSR count). The Labute approximate surface area is 232 Å². The number of halogens is 18. The first-order chi connectivity index (χ1) is 20.4. The molecule has 0 heterocycles. The molecule has 0 spiro atoms. The third-order valence-corrected chi connectivity index (χ3v) is 5.16. The van der Waals surface area contributed by atoms with Crippen LogP contribution >= 0.6 is 0 Å². The minimum absolute atomic E-state index is 0.216. The van der Waals surface area contributed by atoms with Gasteiger partial charge in [0.1, 0.15) is 0 Å². The second-order valence-electron chi connectivity index (χ2n) is 7.59. The Morgan fingerprint density at radius 1 is 0.273 bits per heavy atom. The molecule has 0 saturated heterocycles. The van der Waals surface area contributed by atoms with E-state index in [1.807, 2.05) is 0 Å². The van der Waals surface area contributed by atoms with Crippen LogP contribution in [0.25, 0.3) is 22.3 Å². The Kier molecular flexibility index (Phi) is 11.0. The number of benzene rings is 4. The van der Waals surface area contributed by atoms with Crippen molar-refractivity contribution in [2.45, 2.75) is 0 Å². The summed E-state index contributed by atoms with van der Waals surface area (Å²) in [5, 5.41) is 6.50. The normalized spacial score (nSPS) is 10.7. The van der Waals surface area contributed by atoms with E-state index in [0.717, 1.165) is 0 Å². The summed E-state index contributed by atoms with van der Waals surface area (Å²) in [6.07, 6.45) is 0. The predicted molar refractivity (Wildman–Crippen MR) is 111 cm³/mol. The molecule has 1 nitrogen and oxygen atoms in total. The molecule has 1 N–H and O–H groups in total. The fraction of sp³-hybridized carbons (Fsp3) is 0. The van der Waals surface area contributed by atoms with Crippen LogP contribution in [0.1, 0.15) is 0 Å². The van der Waals surface area contributed by atoms with E-state index in [2.05, 4.69) is 8.05 Å². The fourth-order valence-electron chi connectivity index (χ4n) is 3.19. The molecule has 234 valence electrons. The standard InChI is InChI=1S/2C12HF9.BHO/c2*13-3-1-2(5(14)9(18)6(3)15)4-7(16)10(19)12(21)11(20)8(4)17;1-2/h2*1H;2H. The van der Waals surface area contributed by atoms with Gasteiger partial charge in [-0.3, -0.25) is 0 Å². The molecule has 0 saturated carbocycles. The van der Waals surface area contributed by atoms with Crippen molar-refractivity contribution in [3.63, 3.8) is 0 Å². The monoisotopic (exact) mass is 660 g/mol. The van der Waals surface area contributed by atoms with Gasteiger partial charge in [0.2, 0.25) is 11.6 Å². The van der Waals surface area contributed by atoms with Crippen molar-refractivity contribution in [3.8, 4) is 22.3 Å². The lowest BCUT2D eigenvalue weighted by Gasteiger charge is -2.10. The van der Waals surface area contributed by atoms with Crippen molar-refractivity contribution in [1.82, 2.24) is 0 Å². The Morgan fingerprint density at radius 3 is 0.682 bits per heavy atom. The maximum atomic E-state index is 13.4.